The summed E-state index contributed by atoms with van der Waals surface area (Å²) in [7, 11) is -3.87. The lowest BCUT2D eigenvalue weighted by Crippen LogP contribution is -2.14. The molecule has 0 atom stereocenters. The van der Waals surface area contributed by atoms with E-state index < -0.39 is 21.7 Å². The molecule has 0 fully saturated rings. The number of hydrogen-bond donors (Lipinski definition) is 3. The molecular weight excluding hydrogens is 431 g/mol. The Hall–Kier alpha value is -3.57. The largest absolute Gasteiger partial charge is 0.493 e. The van der Waals surface area contributed by atoms with E-state index in [1.54, 1.807) is 23.6 Å². The Morgan fingerprint density at radius 1 is 1.13 bits per heavy atom. The van der Waals surface area contributed by atoms with Crippen LogP contribution < -0.4 is 4.72 Å². The number of H-pyrrole nitrogens is 1. The molecule has 4 rings (SSSR count). The van der Waals surface area contributed by atoms with E-state index in [4.69, 9.17) is 0 Å². The fourth-order valence-corrected chi connectivity index (χ4v) is 4.83. The van der Waals surface area contributed by atoms with Crippen LogP contribution in [0.1, 0.15) is 10.4 Å². The van der Waals surface area contributed by atoms with E-state index in [2.05, 4.69) is 19.9 Å². The lowest BCUT2D eigenvalue weighted by atomic mass is 10.2. The second-order valence-corrected chi connectivity index (χ2v) is 8.96. The molecule has 152 valence electrons. The maximum absolute atomic E-state index is 13.5. The summed E-state index contributed by atoms with van der Waals surface area (Å²) in [5.41, 5.74) is 0.310. The van der Waals surface area contributed by atoms with E-state index in [0.717, 1.165) is 17.4 Å². The zero-order chi connectivity index (χ0) is 21.3. The van der Waals surface area contributed by atoms with Crippen molar-refractivity contribution in [1.82, 2.24) is 4.98 Å². The van der Waals surface area contributed by atoms with E-state index in [0.29, 0.717) is 5.52 Å². The Balaban J connectivity index is 1.66. The van der Waals surface area contributed by atoms with Gasteiger partial charge in [-0.3, -0.25) is 9.52 Å². The minimum atomic E-state index is -3.87. The molecule has 0 bridgehead atoms. The molecule has 8 nitrogen and oxygen atoms in total. The first-order valence-corrected chi connectivity index (χ1v) is 10.8. The van der Waals surface area contributed by atoms with Crippen molar-refractivity contribution in [3.63, 3.8) is 0 Å². The first-order chi connectivity index (χ1) is 14.3. The van der Waals surface area contributed by atoms with Crippen molar-refractivity contribution in [2.75, 3.05) is 4.72 Å². The Labute approximate surface area is 173 Å². The number of halogens is 1. The van der Waals surface area contributed by atoms with E-state index in [-0.39, 0.29) is 32.4 Å². The van der Waals surface area contributed by atoms with Gasteiger partial charge in [0.05, 0.1) is 16.8 Å². The molecule has 0 saturated heterocycles. The van der Waals surface area contributed by atoms with E-state index in [1.807, 2.05) is 0 Å². The highest BCUT2D eigenvalue weighted by molar-refractivity contribution is 7.94. The van der Waals surface area contributed by atoms with Crippen molar-refractivity contribution < 1.29 is 22.7 Å². The minimum absolute atomic E-state index is 0.0315. The summed E-state index contributed by atoms with van der Waals surface area (Å²) in [6.07, 6.45) is 0. The van der Waals surface area contributed by atoms with Gasteiger partial charge in [-0.15, -0.1) is 21.6 Å². The number of para-hydroxylation sites is 1. The SMILES string of the molecule is O=C(N=Nc1c(O)[nH]c2ccc(F)cc12)c1ccccc1NS(=O)(=O)c1cccs1. The average Bonchev–Trinajstić information content (AvgIpc) is 3.35. The highest BCUT2D eigenvalue weighted by Gasteiger charge is 2.20. The predicted octanol–water partition coefficient (Wildman–Crippen LogP) is 4.80. The van der Waals surface area contributed by atoms with Crippen molar-refractivity contribution in [2.45, 2.75) is 4.21 Å². The molecule has 2 heterocycles. The van der Waals surface area contributed by atoms with Gasteiger partial charge in [0.25, 0.3) is 15.9 Å². The Morgan fingerprint density at radius 2 is 1.93 bits per heavy atom. The lowest BCUT2D eigenvalue weighted by Gasteiger charge is -2.09. The quantitative estimate of drug-likeness (QED) is 0.383. The number of carbonyl (C=O) groups excluding carboxylic acids is 1. The Morgan fingerprint density at radius 3 is 2.70 bits per heavy atom. The molecule has 3 N–H and O–H groups in total. The second kappa shape index (κ2) is 7.69. The molecule has 0 saturated carbocycles. The molecule has 0 radical (unpaired) electrons. The summed E-state index contributed by atoms with van der Waals surface area (Å²) in [4.78, 5) is 15.2. The number of aromatic amines is 1. The van der Waals surface area contributed by atoms with Gasteiger partial charge in [0.1, 0.15) is 10.0 Å². The number of rotatable bonds is 5. The van der Waals surface area contributed by atoms with Crippen LogP contribution in [0.4, 0.5) is 15.8 Å². The normalized spacial score (nSPS) is 11.9. The molecular formula is C19H13FN4O4S2. The van der Waals surface area contributed by atoms with Crippen molar-refractivity contribution in [3.8, 4) is 5.88 Å². The molecule has 1 amide bonds. The van der Waals surface area contributed by atoms with Gasteiger partial charge in [-0.1, -0.05) is 18.2 Å². The fraction of sp³-hybridized carbons (Fsp3) is 0. The van der Waals surface area contributed by atoms with Crippen LogP contribution in [0.2, 0.25) is 0 Å². The molecule has 2 aromatic carbocycles. The minimum Gasteiger partial charge on any atom is -0.493 e. The van der Waals surface area contributed by atoms with E-state index in [9.17, 15) is 22.7 Å². The zero-order valence-corrected chi connectivity index (χ0v) is 16.7. The zero-order valence-electron chi connectivity index (χ0n) is 15.0. The van der Waals surface area contributed by atoms with Gasteiger partial charge < -0.3 is 10.1 Å². The topological polar surface area (TPSA) is 124 Å². The number of thiophene rings is 1. The van der Waals surface area contributed by atoms with Crippen molar-refractivity contribution >= 4 is 49.5 Å². The molecule has 0 aliphatic carbocycles. The number of benzene rings is 2. The van der Waals surface area contributed by atoms with Crippen LogP contribution in [-0.4, -0.2) is 24.4 Å². The summed E-state index contributed by atoms with van der Waals surface area (Å²) in [6.45, 7) is 0. The number of carbonyl (C=O) groups is 1. The molecule has 30 heavy (non-hydrogen) atoms. The molecule has 0 unspecified atom stereocenters. The van der Waals surface area contributed by atoms with Gasteiger partial charge in [-0.25, -0.2) is 12.8 Å². The number of azo groups is 1. The van der Waals surface area contributed by atoms with Gasteiger partial charge in [0.2, 0.25) is 5.88 Å². The van der Waals surface area contributed by atoms with Crippen LogP contribution in [0.15, 0.2) is 74.4 Å². The summed E-state index contributed by atoms with van der Waals surface area (Å²) in [6, 6.07) is 12.7. The van der Waals surface area contributed by atoms with E-state index >= 15 is 0 Å². The number of hydrogen-bond acceptors (Lipinski definition) is 6. The molecule has 0 aliphatic rings. The number of fused-ring (bicyclic) bond motifs is 1. The molecule has 0 aliphatic heterocycles. The number of aromatic hydroxyl groups is 1. The van der Waals surface area contributed by atoms with Crippen molar-refractivity contribution in [1.29, 1.82) is 0 Å². The van der Waals surface area contributed by atoms with Crippen LogP contribution in [0.5, 0.6) is 5.88 Å². The maximum atomic E-state index is 13.5. The third-order valence-electron chi connectivity index (χ3n) is 4.12. The average molecular weight is 444 g/mol. The van der Waals surface area contributed by atoms with Gasteiger partial charge in [0, 0.05) is 5.39 Å². The van der Waals surface area contributed by atoms with Crippen LogP contribution >= 0.6 is 11.3 Å². The maximum Gasteiger partial charge on any atom is 0.297 e. The molecule has 11 heteroatoms. The third-order valence-corrected chi connectivity index (χ3v) is 6.88. The molecule has 0 spiro atoms. The van der Waals surface area contributed by atoms with Gasteiger partial charge >= 0.3 is 0 Å². The highest BCUT2D eigenvalue weighted by atomic mass is 32.2. The number of sulfonamides is 1. The summed E-state index contributed by atoms with van der Waals surface area (Å²) in [5.74, 6) is -1.76. The Kier molecular flexibility index (Phi) is 5.06. The van der Waals surface area contributed by atoms with Gasteiger partial charge in [0.15, 0.2) is 5.69 Å². The number of nitrogens with one attached hydrogen (secondary N) is 2. The number of nitrogens with zero attached hydrogens (tertiary/aromatic N) is 2. The smallest absolute Gasteiger partial charge is 0.297 e. The lowest BCUT2D eigenvalue weighted by molar-refractivity contribution is 0.0996. The summed E-state index contributed by atoms with van der Waals surface area (Å²) >= 11 is 1.04. The fourth-order valence-electron chi connectivity index (χ4n) is 2.76. The van der Waals surface area contributed by atoms with Gasteiger partial charge in [-0.05, 0) is 41.8 Å². The van der Waals surface area contributed by atoms with E-state index in [1.165, 1.54) is 30.3 Å². The highest BCUT2D eigenvalue weighted by Crippen LogP contribution is 2.36. The molecule has 4 aromatic rings. The van der Waals surface area contributed by atoms with Crippen LogP contribution in [0.3, 0.4) is 0 Å². The molecule has 2 aromatic heterocycles. The third kappa shape index (κ3) is 3.80. The Bertz CT molecular complexity index is 1380. The standard InChI is InChI=1S/C19H13FN4O4S2/c20-11-7-8-14-13(10-11)17(19(26)21-14)22-23-18(25)12-4-1-2-5-15(12)24-30(27,28)16-6-3-9-29-16/h1-10,21,24,26H. The predicted molar refractivity (Wildman–Crippen MR) is 110 cm³/mol. The van der Waals surface area contributed by atoms with Crippen molar-refractivity contribution in [2.24, 2.45) is 10.2 Å². The van der Waals surface area contributed by atoms with Crippen molar-refractivity contribution in [3.05, 3.63) is 71.4 Å². The number of anilines is 1. The number of amides is 1. The van der Waals surface area contributed by atoms with Crippen LogP contribution in [0, 0.1) is 5.82 Å². The first-order valence-electron chi connectivity index (χ1n) is 8.47. The summed E-state index contributed by atoms with van der Waals surface area (Å²) < 4.78 is 40.9. The van der Waals surface area contributed by atoms with Crippen LogP contribution in [-0.2, 0) is 10.0 Å². The first kappa shape index (κ1) is 19.7. The van der Waals surface area contributed by atoms with Crippen LogP contribution in [0.25, 0.3) is 10.9 Å². The number of aromatic nitrogens is 1. The van der Waals surface area contributed by atoms with Gasteiger partial charge in [-0.2, -0.15) is 0 Å². The monoisotopic (exact) mass is 444 g/mol. The second-order valence-electron chi connectivity index (χ2n) is 6.10. The summed E-state index contributed by atoms with van der Waals surface area (Å²) in [5, 5.41) is 19.2.